The zero-order chi connectivity index (χ0) is 16.6. The Morgan fingerprint density at radius 2 is 2.00 bits per heavy atom. The summed E-state index contributed by atoms with van der Waals surface area (Å²) >= 11 is 0. The second-order valence-electron chi connectivity index (χ2n) is 5.51. The Kier molecular flexibility index (Phi) is 5.49. The largest absolute Gasteiger partial charge is 0.480 e. The molecule has 10 heteroatoms. The Morgan fingerprint density at radius 1 is 1.33 bits per heavy atom. The van der Waals surface area contributed by atoms with Gasteiger partial charge in [0.25, 0.3) is 0 Å². The average molecular weight is 375 g/mol. The Morgan fingerprint density at radius 3 is 2.62 bits per heavy atom. The molecule has 3 rings (SSSR count). The van der Waals surface area contributed by atoms with Crippen LogP contribution in [0.5, 0.6) is 0 Å². The summed E-state index contributed by atoms with van der Waals surface area (Å²) in [6.07, 6.45) is 3.06. The van der Waals surface area contributed by atoms with E-state index in [1.165, 1.54) is 10.5 Å². The lowest BCUT2D eigenvalue weighted by atomic mass is 10.2. The number of carboxylic acids is 1. The van der Waals surface area contributed by atoms with Crippen LogP contribution in [0.1, 0.15) is 6.92 Å². The minimum Gasteiger partial charge on any atom is -0.480 e. The number of rotatable bonds is 4. The molecule has 3 heterocycles. The zero-order valence-electron chi connectivity index (χ0n) is 13.0. The first-order valence-corrected chi connectivity index (χ1v) is 8.74. The molecule has 1 saturated heterocycles. The van der Waals surface area contributed by atoms with Crippen LogP contribution in [0.2, 0.25) is 0 Å². The molecular weight excluding hydrogens is 356 g/mol. The molecule has 1 fully saturated rings. The Bertz CT molecular complexity index is 830. The van der Waals surface area contributed by atoms with Crippen molar-refractivity contribution in [2.45, 2.75) is 17.9 Å². The van der Waals surface area contributed by atoms with Crippen molar-refractivity contribution in [3.8, 4) is 0 Å². The molecule has 1 aliphatic heterocycles. The van der Waals surface area contributed by atoms with Crippen molar-refractivity contribution in [2.75, 3.05) is 26.2 Å². The first-order valence-electron chi connectivity index (χ1n) is 7.30. The number of nitrogens with one attached hydrogen (secondary N) is 1. The lowest BCUT2D eigenvalue weighted by Gasteiger charge is -2.35. The summed E-state index contributed by atoms with van der Waals surface area (Å²) in [6, 6.07) is 2.80. The van der Waals surface area contributed by atoms with Crippen LogP contribution in [0.15, 0.2) is 29.4 Å². The van der Waals surface area contributed by atoms with E-state index in [2.05, 4.69) is 9.97 Å². The molecule has 2 N–H and O–H groups in total. The third-order valence-electron chi connectivity index (χ3n) is 4.21. The molecule has 24 heavy (non-hydrogen) atoms. The lowest BCUT2D eigenvalue weighted by Crippen LogP contribution is -2.53. The maximum Gasteiger partial charge on any atom is 0.320 e. The molecule has 2 aromatic rings. The maximum atomic E-state index is 12.8. The first-order chi connectivity index (χ1) is 10.9. The number of aromatic amines is 1. The number of aliphatic carboxylic acids is 1. The van der Waals surface area contributed by atoms with Gasteiger partial charge >= 0.3 is 5.97 Å². The summed E-state index contributed by atoms with van der Waals surface area (Å²) in [5.41, 5.74) is 0.532. The molecule has 1 atom stereocenters. The molecule has 8 nitrogen and oxygen atoms in total. The van der Waals surface area contributed by atoms with Gasteiger partial charge in [0.2, 0.25) is 10.0 Å². The van der Waals surface area contributed by atoms with E-state index in [1.807, 2.05) is 0 Å². The van der Waals surface area contributed by atoms with E-state index in [1.54, 1.807) is 30.2 Å². The second kappa shape index (κ2) is 7.06. The molecule has 0 amide bonds. The Balaban J connectivity index is 0.00000208. The third-order valence-corrected chi connectivity index (χ3v) is 6.15. The fourth-order valence-corrected chi connectivity index (χ4v) is 4.34. The number of pyridine rings is 1. The van der Waals surface area contributed by atoms with Crippen LogP contribution in [0.3, 0.4) is 0 Å². The van der Waals surface area contributed by atoms with Gasteiger partial charge < -0.3 is 10.1 Å². The molecule has 0 spiro atoms. The van der Waals surface area contributed by atoms with Crippen molar-refractivity contribution in [3.63, 3.8) is 0 Å². The number of fused-ring (bicyclic) bond motifs is 1. The van der Waals surface area contributed by atoms with Crippen molar-refractivity contribution < 1.29 is 18.3 Å². The summed E-state index contributed by atoms with van der Waals surface area (Å²) in [7, 11) is -3.63. The van der Waals surface area contributed by atoms with Gasteiger partial charge in [-0.2, -0.15) is 4.31 Å². The van der Waals surface area contributed by atoms with E-state index in [0.29, 0.717) is 24.1 Å². The Hall–Kier alpha value is -1.68. The van der Waals surface area contributed by atoms with Gasteiger partial charge in [0.1, 0.15) is 16.6 Å². The topological polar surface area (TPSA) is 107 Å². The van der Waals surface area contributed by atoms with Gasteiger partial charge in [-0.15, -0.1) is 12.4 Å². The predicted octanol–water partition coefficient (Wildman–Crippen LogP) is 0.764. The molecule has 0 radical (unpaired) electrons. The van der Waals surface area contributed by atoms with Crippen LogP contribution < -0.4 is 0 Å². The normalized spacial score (nSPS) is 18.2. The molecular formula is C14H19ClN4O4S. The standard InChI is InChI=1S/C14H18N4O4S.ClH/c1-10(14(19)20)17-5-7-18(8-6-17)23(21,22)12-9-16-13-11(12)3-2-4-15-13;/h2-4,9-10H,5-8H2,1H3,(H,15,16)(H,19,20);1H. The predicted molar refractivity (Wildman–Crippen MR) is 90.8 cm³/mol. The number of nitrogens with zero attached hydrogens (tertiary/aromatic N) is 3. The molecule has 0 bridgehead atoms. The first kappa shape index (κ1) is 18.7. The number of hydrogen-bond donors (Lipinski definition) is 2. The summed E-state index contributed by atoms with van der Waals surface area (Å²) in [5.74, 6) is -0.899. The summed E-state index contributed by atoms with van der Waals surface area (Å²) < 4.78 is 27.0. The SMILES string of the molecule is CC(C(=O)O)N1CCN(S(=O)(=O)c2c[nH]c3ncccc23)CC1.Cl. The van der Waals surface area contributed by atoms with Gasteiger partial charge in [-0.05, 0) is 19.1 Å². The van der Waals surface area contributed by atoms with Crippen LogP contribution in [0.25, 0.3) is 11.0 Å². The number of H-pyrrole nitrogens is 1. The minimum absolute atomic E-state index is 0. The van der Waals surface area contributed by atoms with Crippen LogP contribution >= 0.6 is 12.4 Å². The fraction of sp³-hybridized carbons (Fsp3) is 0.429. The second-order valence-corrected chi connectivity index (χ2v) is 7.41. The van der Waals surface area contributed by atoms with Gasteiger partial charge in [-0.1, -0.05) is 0 Å². The Labute approximate surface area is 145 Å². The number of piperazine rings is 1. The zero-order valence-corrected chi connectivity index (χ0v) is 14.7. The van der Waals surface area contributed by atoms with Gasteiger partial charge in [-0.25, -0.2) is 13.4 Å². The van der Waals surface area contributed by atoms with E-state index in [9.17, 15) is 13.2 Å². The molecule has 132 valence electrons. The fourth-order valence-electron chi connectivity index (χ4n) is 2.77. The number of carboxylic acid groups (broad SMARTS) is 1. The highest BCUT2D eigenvalue weighted by molar-refractivity contribution is 7.89. The van der Waals surface area contributed by atoms with Crippen LogP contribution in [0.4, 0.5) is 0 Å². The number of sulfonamides is 1. The lowest BCUT2D eigenvalue weighted by molar-refractivity contribution is -0.143. The maximum absolute atomic E-state index is 12.8. The van der Waals surface area contributed by atoms with E-state index in [4.69, 9.17) is 5.11 Å². The summed E-state index contributed by atoms with van der Waals surface area (Å²) in [4.78, 5) is 20.0. The summed E-state index contributed by atoms with van der Waals surface area (Å²) in [5, 5.41) is 9.61. The van der Waals surface area contributed by atoms with Crippen molar-refractivity contribution in [2.24, 2.45) is 0 Å². The third kappa shape index (κ3) is 3.25. The molecule has 0 aliphatic carbocycles. The van der Waals surface area contributed by atoms with E-state index in [0.717, 1.165) is 0 Å². The van der Waals surface area contributed by atoms with Crippen LogP contribution in [-0.2, 0) is 14.8 Å². The molecule has 0 aromatic carbocycles. The number of aromatic nitrogens is 2. The van der Waals surface area contributed by atoms with Gasteiger partial charge in [0.15, 0.2) is 0 Å². The highest BCUT2D eigenvalue weighted by Gasteiger charge is 2.33. The minimum atomic E-state index is -3.63. The quantitative estimate of drug-likeness (QED) is 0.818. The molecule has 1 unspecified atom stereocenters. The van der Waals surface area contributed by atoms with Crippen molar-refractivity contribution in [3.05, 3.63) is 24.5 Å². The highest BCUT2D eigenvalue weighted by atomic mass is 35.5. The molecule has 2 aromatic heterocycles. The monoisotopic (exact) mass is 374 g/mol. The van der Waals surface area contributed by atoms with Crippen molar-refractivity contribution in [1.29, 1.82) is 0 Å². The molecule has 0 saturated carbocycles. The summed E-state index contributed by atoms with van der Waals surface area (Å²) in [6.45, 7) is 2.94. The number of halogens is 1. The van der Waals surface area contributed by atoms with E-state index < -0.39 is 22.0 Å². The van der Waals surface area contributed by atoms with E-state index in [-0.39, 0.29) is 30.4 Å². The van der Waals surface area contributed by atoms with Gasteiger partial charge in [0.05, 0.1) is 0 Å². The smallest absolute Gasteiger partial charge is 0.320 e. The van der Waals surface area contributed by atoms with Gasteiger partial charge in [-0.3, -0.25) is 9.69 Å². The number of carbonyl (C=O) groups is 1. The van der Waals surface area contributed by atoms with Gasteiger partial charge in [0, 0.05) is 44.0 Å². The van der Waals surface area contributed by atoms with Crippen LogP contribution in [0, 0.1) is 0 Å². The van der Waals surface area contributed by atoms with E-state index >= 15 is 0 Å². The highest BCUT2D eigenvalue weighted by Crippen LogP contribution is 2.25. The van der Waals surface area contributed by atoms with Crippen LogP contribution in [-0.4, -0.2) is 70.9 Å². The average Bonchev–Trinajstić information content (AvgIpc) is 2.99. The number of hydrogen-bond acceptors (Lipinski definition) is 5. The van der Waals surface area contributed by atoms with Crippen molar-refractivity contribution in [1.82, 2.24) is 19.2 Å². The van der Waals surface area contributed by atoms with Crippen molar-refractivity contribution >= 4 is 39.4 Å². The molecule has 1 aliphatic rings.